The van der Waals surface area contributed by atoms with Crippen molar-refractivity contribution in [3.05, 3.63) is 145 Å². The molecule has 72 heavy (non-hydrogen) atoms. The number of rotatable bonds is 29. The zero-order valence-corrected chi connectivity index (χ0v) is 40.6. The summed E-state index contributed by atoms with van der Waals surface area (Å²) in [6, 6.07) is 40.9. The van der Waals surface area contributed by atoms with Crippen molar-refractivity contribution < 1.29 is 38.1 Å². The Labute approximate surface area is 420 Å². The fourth-order valence-electron chi connectivity index (χ4n) is 8.17. The van der Waals surface area contributed by atoms with Crippen LogP contribution in [0.15, 0.2) is 133 Å². The van der Waals surface area contributed by atoms with Gasteiger partial charge in [0.2, 0.25) is 11.8 Å². The van der Waals surface area contributed by atoms with Gasteiger partial charge in [-0.3, -0.25) is 20.4 Å². The highest BCUT2D eigenvalue weighted by molar-refractivity contribution is 6.09. The molecule has 2 amide bonds. The third kappa shape index (κ3) is 17.1. The highest BCUT2D eigenvalue weighted by atomic mass is 16.5. The van der Waals surface area contributed by atoms with E-state index >= 15 is 0 Å². The van der Waals surface area contributed by atoms with E-state index in [0.717, 1.165) is 43.8 Å². The fraction of sp³-hybridized carbons (Fsp3) is 0.321. The maximum Gasteiger partial charge on any atom is 0.328 e. The molecule has 0 aliphatic rings. The molecule has 0 unspecified atom stereocenters. The normalized spacial score (nSPS) is 11.7. The van der Waals surface area contributed by atoms with Crippen LogP contribution in [0.3, 0.4) is 0 Å². The van der Waals surface area contributed by atoms with E-state index in [2.05, 4.69) is 21.3 Å². The Hall–Kier alpha value is -8.14. The van der Waals surface area contributed by atoms with Gasteiger partial charge < -0.3 is 51.7 Å². The van der Waals surface area contributed by atoms with Gasteiger partial charge in [0.1, 0.15) is 36.8 Å². The van der Waals surface area contributed by atoms with E-state index in [-0.39, 0.29) is 63.0 Å². The van der Waals surface area contributed by atoms with Crippen molar-refractivity contribution in [3.63, 3.8) is 0 Å². The molecule has 0 saturated carbocycles. The van der Waals surface area contributed by atoms with Gasteiger partial charge in [0, 0.05) is 37.1 Å². The van der Waals surface area contributed by atoms with Gasteiger partial charge in [-0.25, -0.2) is 9.59 Å². The van der Waals surface area contributed by atoms with Crippen molar-refractivity contribution in [2.45, 2.75) is 89.5 Å². The lowest BCUT2D eigenvalue weighted by atomic mass is 9.92. The second-order valence-corrected chi connectivity index (χ2v) is 17.3. The van der Waals surface area contributed by atoms with Crippen molar-refractivity contribution >= 4 is 57.2 Å². The van der Waals surface area contributed by atoms with Crippen LogP contribution in [0.25, 0.3) is 32.7 Å². The smallest absolute Gasteiger partial charge is 0.328 e. The molecule has 2 atom stereocenters. The van der Waals surface area contributed by atoms with Crippen molar-refractivity contribution in [1.82, 2.24) is 21.3 Å². The molecule has 0 spiro atoms. The predicted octanol–water partition coefficient (Wildman–Crippen LogP) is 7.74. The summed E-state index contributed by atoms with van der Waals surface area (Å²) in [5, 5.41) is 29.9. The van der Waals surface area contributed by atoms with Crippen LogP contribution in [-0.2, 0) is 41.9 Å². The van der Waals surface area contributed by atoms with Crippen LogP contribution in [0.1, 0.15) is 75.3 Å². The molecule has 6 aromatic rings. The number of hydrogen-bond acceptors (Lipinski definition) is 10. The Morgan fingerprint density at radius 2 is 0.861 bits per heavy atom. The van der Waals surface area contributed by atoms with Crippen molar-refractivity contribution in [2.24, 2.45) is 11.5 Å². The fourth-order valence-corrected chi connectivity index (χ4v) is 8.17. The van der Waals surface area contributed by atoms with Gasteiger partial charge in [0.25, 0.3) is 0 Å². The van der Waals surface area contributed by atoms with Crippen LogP contribution < -0.4 is 42.2 Å². The van der Waals surface area contributed by atoms with Crippen molar-refractivity contribution in [1.29, 1.82) is 10.8 Å². The topological polar surface area (TPSA) is 253 Å². The Morgan fingerprint density at radius 1 is 0.472 bits per heavy atom. The summed E-state index contributed by atoms with van der Waals surface area (Å²) in [6.45, 7) is 1.51. The molecule has 0 radical (unpaired) electrons. The molecule has 0 aliphatic heterocycles. The number of fused-ring (bicyclic) bond motifs is 2. The number of esters is 2. The average molecular weight is 979 g/mol. The molecule has 0 bridgehead atoms. The summed E-state index contributed by atoms with van der Waals surface area (Å²) in [6.07, 6.45) is 4.08. The molecule has 6 rings (SSSR count). The molecule has 0 saturated heterocycles. The van der Waals surface area contributed by atoms with E-state index in [0.29, 0.717) is 76.0 Å². The molecule has 10 N–H and O–H groups in total. The quantitative estimate of drug-likeness (QED) is 0.00973. The number of carbonyl (C=O) groups is 4. The van der Waals surface area contributed by atoms with Gasteiger partial charge in [0.15, 0.2) is 11.9 Å². The Bertz CT molecular complexity index is 2550. The highest BCUT2D eigenvalue weighted by Gasteiger charge is 2.25. The number of nitrogens with one attached hydrogen (secondary N) is 6. The number of benzene rings is 6. The molecule has 0 fully saturated rings. The van der Waals surface area contributed by atoms with E-state index in [1.165, 1.54) is 0 Å². The summed E-state index contributed by atoms with van der Waals surface area (Å²) in [7, 11) is 0. The van der Waals surface area contributed by atoms with Crippen LogP contribution in [0.4, 0.5) is 0 Å². The van der Waals surface area contributed by atoms with Crippen molar-refractivity contribution in [2.75, 3.05) is 26.3 Å². The average Bonchev–Trinajstić information content (AvgIpc) is 3.39. The largest absolute Gasteiger partial charge is 0.493 e. The van der Waals surface area contributed by atoms with E-state index in [1.54, 1.807) is 0 Å². The standard InChI is InChI=1S/C56H66N8O8/c57-55(58)61-33-13-11-25-45(53(67)71-37-39-17-3-1-4-18-39)63-49(65)27-15-35-69-47-31-29-41-21-7-9-23-43(41)51(47)52-44-24-10-8-22-42(44)30-32-48(52)70-36-16-28-50(66)64-46(26-12-14-34-62-56(59)60)54(68)72-38-40-19-5-2-6-20-40/h1-10,17-24,29-32,45-46H,11-16,25-28,33-38H2,(H,63,65)(H,64,66)(H4,57,58,61)(H4,59,60,62)/t45-,46-/m1/s1. The van der Waals surface area contributed by atoms with E-state index in [1.807, 2.05) is 133 Å². The predicted molar refractivity (Wildman–Crippen MR) is 280 cm³/mol. The van der Waals surface area contributed by atoms with Crippen LogP contribution in [-0.4, -0.2) is 74.1 Å². The number of carbonyl (C=O) groups excluding carboxylic acids is 4. The molecule has 6 aromatic carbocycles. The third-order valence-corrected chi connectivity index (χ3v) is 11.8. The maximum absolute atomic E-state index is 13.4. The zero-order chi connectivity index (χ0) is 50.9. The summed E-state index contributed by atoms with van der Waals surface area (Å²) < 4.78 is 24.3. The molecule has 0 aliphatic carbocycles. The minimum Gasteiger partial charge on any atom is -0.493 e. The van der Waals surface area contributed by atoms with Crippen molar-refractivity contribution in [3.8, 4) is 22.6 Å². The van der Waals surface area contributed by atoms with Crippen LogP contribution in [0.5, 0.6) is 11.5 Å². The SMILES string of the molecule is N=C(N)NCCCC[C@@H](NC(=O)CCCOc1ccc2ccccc2c1-c1c(OCCCC(=O)N[C@H](CCCCNC(=N)N)C(=O)OCc2ccccc2)ccc2ccccc12)C(=O)OCc1ccccc1. The monoisotopic (exact) mass is 979 g/mol. The van der Waals surface area contributed by atoms with Gasteiger partial charge in [-0.1, -0.05) is 121 Å². The van der Waals surface area contributed by atoms with Gasteiger partial charge >= 0.3 is 11.9 Å². The number of nitrogens with two attached hydrogens (primary N) is 2. The van der Waals surface area contributed by atoms with Crippen LogP contribution >= 0.6 is 0 Å². The highest BCUT2D eigenvalue weighted by Crippen LogP contribution is 2.45. The summed E-state index contributed by atoms with van der Waals surface area (Å²) >= 11 is 0. The lowest BCUT2D eigenvalue weighted by molar-refractivity contribution is -0.149. The van der Waals surface area contributed by atoms with Gasteiger partial charge in [-0.2, -0.15) is 0 Å². The second kappa shape index (κ2) is 28.5. The first kappa shape index (κ1) is 53.2. The Kier molecular flexibility index (Phi) is 21.1. The number of guanidine groups is 2. The van der Waals surface area contributed by atoms with Crippen LogP contribution in [0, 0.1) is 10.8 Å². The number of unbranched alkanes of at least 4 members (excludes halogenated alkanes) is 2. The van der Waals surface area contributed by atoms with Gasteiger partial charge in [-0.05, 0) is 96.2 Å². The number of amides is 2. The van der Waals surface area contributed by atoms with E-state index < -0.39 is 24.0 Å². The van der Waals surface area contributed by atoms with Crippen LogP contribution in [0.2, 0.25) is 0 Å². The minimum absolute atomic E-state index is 0.0843. The number of hydrogen-bond donors (Lipinski definition) is 8. The maximum atomic E-state index is 13.4. The molecule has 0 aromatic heterocycles. The van der Waals surface area contributed by atoms with E-state index in [4.69, 9.17) is 41.2 Å². The summed E-state index contributed by atoms with van der Waals surface area (Å²) in [4.78, 5) is 53.3. The lowest BCUT2D eigenvalue weighted by Crippen LogP contribution is -2.42. The lowest BCUT2D eigenvalue weighted by Gasteiger charge is -2.20. The minimum atomic E-state index is -0.852. The first-order valence-electron chi connectivity index (χ1n) is 24.5. The molecular formula is C56H66N8O8. The molecule has 0 heterocycles. The zero-order valence-electron chi connectivity index (χ0n) is 40.6. The summed E-state index contributed by atoms with van der Waals surface area (Å²) in [5.41, 5.74) is 14.1. The Balaban J connectivity index is 1.11. The second-order valence-electron chi connectivity index (χ2n) is 17.3. The first-order valence-corrected chi connectivity index (χ1v) is 24.5. The number of ether oxygens (including phenoxy) is 4. The van der Waals surface area contributed by atoms with E-state index in [9.17, 15) is 19.2 Å². The summed E-state index contributed by atoms with van der Waals surface area (Å²) in [5.74, 6) is -0.721. The Morgan fingerprint density at radius 3 is 1.26 bits per heavy atom. The van der Waals surface area contributed by atoms with Gasteiger partial charge in [0.05, 0.1) is 13.2 Å². The van der Waals surface area contributed by atoms with Gasteiger partial charge in [-0.15, -0.1) is 0 Å². The molecular weight excluding hydrogens is 913 g/mol. The molecule has 16 nitrogen and oxygen atoms in total. The molecule has 378 valence electrons. The third-order valence-electron chi connectivity index (χ3n) is 11.8. The first-order chi connectivity index (χ1) is 35.0. The molecule has 16 heteroatoms.